The average Bonchev–Trinajstić information content (AvgIpc) is 2.87. The van der Waals surface area contributed by atoms with Crippen LogP contribution in [0.2, 0.25) is 5.02 Å². The fraction of sp³-hybridized carbons (Fsp3) is 0.400. The maximum atomic E-state index is 12.6. The standard InChI is InChI=1S/C15H18ClNO3S/c1-10(14-17-9-13(20-14)15(2,3)4)21(18,19)12-8-6-5-7-11(12)16/h5-10H,1-4H3. The molecule has 0 fully saturated rings. The molecule has 21 heavy (non-hydrogen) atoms. The molecule has 2 aromatic rings. The SMILES string of the molecule is CC(c1ncc(C(C)(C)C)o1)S(=O)(=O)c1ccccc1Cl. The summed E-state index contributed by atoms with van der Waals surface area (Å²) in [5.41, 5.74) is -0.223. The first-order valence-electron chi connectivity index (χ1n) is 6.58. The third-order valence-electron chi connectivity index (χ3n) is 3.22. The van der Waals surface area contributed by atoms with Gasteiger partial charge in [0.15, 0.2) is 9.84 Å². The van der Waals surface area contributed by atoms with Crippen LogP contribution in [0.3, 0.4) is 0 Å². The molecule has 6 heteroatoms. The minimum absolute atomic E-state index is 0.0923. The van der Waals surface area contributed by atoms with E-state index >= 15 is 0 Å². The molecule has 2 rings (SSSR count). The second-order valence-corrected chi connectivity index (χ2v) is 8.57. The van der Waals surface area contributed by atoms with Gasteiger partial charge < -0.3 is 4.42 Å². The number of halogens is 1. The lowest BCUT2D eigenvalue weighted by Gasteiger charge is -2.14. The van der Waals surface area contributed by atoms with Crippen LogP contribution >= 0.6 is 11.6 Å². The Balaban J connectivity index is 2.42. The van der Waals surface area contributed by atoms with E-state index in [4.69, 9.17) is 16.0 Å². The zero-order chi connectivity index (χ0) is 15.8. The molecule has 4 nitrogen and oxygen atoms in total. The topological polar surface area (TPSA) is 60.2 Å². The van der Waals surface area contributed by atoms with Gasteiger partial charge in [-0.1, -0.05) is 44.5 Å². The van der Waals surface area contributed by atoms with Crippen LogP contribution in [-0.2, 0) is 15.3 Å². The van der Waals surface area contributed by atoms with Gasteiger partial charge in [0.05, 0.1) is 16.1 Å². The van der Waals surface area contributed by atoms with Crippen LogP contribution < -0.4 is 0 Å². The number of hydrogen-bond acceptors (Lipinski definition) is 4. The number of oxazole rings is 1. The minimum atomic E-state index is -3.64. The lowest BCUT2D eigenvalue weighted by atomic mass is 9.94. The van der Waals surface area contributed by atoms with Crippen LogP contribution in [0.4, 0.5) is 0 Å². The molecular weight excluding hydrogens is 310 g/mol. The van der Waals surface area contributed by atoms with Crippen molar-refractivity contribution in [2.45, 2.75) is 43.3 Å². The summed E-state index contributed by atoms with van der Waals surface area (Å²) >= 11 is 5.99. The molecule has 0 bridgehead atoms. The van der Waals surface area contributed by atoms with Crippen molar-refractivity contribution in [2.24, 2.45) is 0 Å². The van der Waals surface area contributed by atoms with Crippen LogP contribution in [-0.4, -0.2) is 13.4 Å². The molecular formula is C15H18ClNO3S. The molecule has 0 N–H and O–H groups in total. The van der Waals surface area contributed by atoms with Crippen LogP contribution in [0.1, 0.15) is 44.6 Å². The van der Waals surface area contributed by atoms with E-state index in [1.54, 1.807) is 31.3 Å². The largest absolute Gasteiger partial charge is 0.444 e. The molecule has 1 atom stereocenters. The normalized spacial score (nSPS) is 14.1. The van der Waals surface area contributed by atoms with Crippen LogP contribution in [0.25, 0.3) is 0 Å². The summed E-state index contributed by atoms with van der Waals surface area (Å²) in [6.07, 6.45) is 1.58. The summed E-state index contributed by atoms with van der Waals surface area (Å²) in [7, 11) is -3.64. The van der Waals surface area contributed by atoms with Crippen molar-refractivity contribution in [1.82, 2.24) is 4.98 Å². The van der Waals surface area contributed by atoms with Gasteiger partial charge in [-0.15, -0.1) is 0 Å². The molecule has 0 aliphatic heterocycles. The van der Waals surface area contributed by atoms with Gasteiger partial charge in [0.1, 0.15) is 11.0 Å². The maximum absolute atomic E-state index is 12.6. The zero-order valence-electron chi connectivity index (χ0n) is 12.4. The first-order valence-corrected chi connectivity index (χ1v) is 8.51. The molecule has 0 saturated heterocycles. The second-order valence-electron chi connectivity index (χ2n) is 5.93. The number of nitrogens with zero attached hydrogens (tertiary/aromatic N) is 1. The van der Waals surface area contributed by atoms with Gasteiger partial charge in [-0.05, 0) is 19.1 Å². The lowest BCUT2D eigenvalue weighted by Crippen LogP contribution is -2.12. The molecule has 1 aromatic carbocycles. The Morgan fingerprint density at radius 2 is 1.86 bits per heavy atom. The number of rotatable bonds is 3. The highest BCUT2D eigenvalue weighted by atomic mass is 35.5. The molecule has 114 valence electrons. The molecule has 0 amide bonds. The molecule has 0 aliphatic carbocycles. The van der Waals surface area contributed by atoms with E-state index in [0.717, 1.165) is 0 Å². The molecule has 1 unspecified atom stereocenters. The lowest BCUT2D eigenvalue weighted by molar-refractivity contribution is 0.380. The van der Waals surface area contributed by atoms with E-state index in [1.807, 2.05) is 20.8 Å². The second kappa shape index (κ2) is 5.46. The fourth-order valence-electron chi connectivity index (χ4n) is 1.82. The molecule has 0 aliphatic rings. The highest BCUT2D eigenvalue weighted by Gasteiger charge is 2.31. The monoisotopic (exact) mass is 327 g/mol. The highest BCUT2D eigenvalue weighted by Crippen LogP contribution is 2.33. The summed E-state index contributed by atoms with van der Waals surface area (Å²) in [5, 5.41) is -0.694. The van der Waals surface area contributed by atoms with Crippen molar-refractivity contribution >= 4 is 21.4 Å². The fourth-order valence-corrected chi connectivity index (χ4v) is 3.64. The van der Waals surface area contributed by atoms with E-state index in [1.165, 1.54) is 6.07 Å². The number of hydrogen-bond donors (Lipinski definition) is 0. The summed E-state index contributed by atoms with van der Waals surface area (Å²) in [6, 6.07) is 6.37. The summed E-state index contributed by atoms with van der Waals surface area (Å²) < 4.78 is 30.9. The molecule has 0 saturated carbocycles. The summed E-state index contributed by atoms with van der Waals surface area (Å²) in [4.78, 5) is 4.21. The van der Waals surface area contributed by atoms with Crippen molar-refractivity contribution in [3.63, 3.8) is 0 Å². The number of sulfone groups is 1. The molecule has 0 radical (unpaired) electrons. The average molecular weight is 328 g/mol. The Labute approximate surface area is 130 Å². The molecule has 1 aromatic heterocycles. The maximum Gasteiger partial charge on any atom is 0.212 e. The number of aromatic nitrogens is 1. The van der Waals surface area contributed by atoms with Gasteiger partial charge in [-0.25, -0.2) is 13.4 Å². The van der Waals surface area contributed by atoms with E-state index in [0.29, 0.717) is 5.76 Å². The van der Waals surface area contributed by atoms with E-state index < -0.39 is 15.1 Å². The third kappa shape index (κ3) is 3.14. The quantitative estimate of drug-likeness (QED) is 0.849. The minimum Gasteiger partial charge on any atom is -0.444 e. The van der Waals surface area contributed by atoms with Crippen molar-refractivity contribution in [3.05, 3.63) is 47.1 Å². The van der Waals surface area contributed by atoms with Gasteiger partial charge in [-0.3, -0.25) is 0 Å². The smallest absolute Gasteiger partial charge is 0.212 e. The zero-order valence-corrected chi connectivity index (χ0v) is 14.0. The predicted octanol–water partition coefficient (Wildman–Crippen LogP) is 4.16. The Morgan fingerprint density at radius 3 is 2.38 bits per heavy atom. The van der Waals surface area contributed by atoms with E-state index in [-0.39, 0.29) is 21.2 Å². The first kappa shape index (κ1) is 16.0. The van der Waals surface area contributed by atoms with E-state index in [9.17, 15) is 8.42 Å². The van der Waals surface area contributed by atoms with Gasteiger partial charge in [0, 0.05) is 5.41 Å². The predicted molar refractivity (Wildman–Crippen MR) is 82.3 cm³/mol. The van der Waals surface area contributed by atoms with E-state index in [2.05, 4.69) is 4.98 Å². The first-order chi connectivity index (χ1) is 9.64. The van der Waals surface area contributed by atoms with Crippen LogP contribution in [0.15, 0.2) is 39.8 Å². The Hall–Kier alpha value is -1.33. The Morgan fingerprint density at radius 1 is 1.24 bits per heavy atom. The Bertz CT molecular complexity index is 744. The number of benzene rings is 1. The van der Waals surface area contributed by atoms with Crippen molar-refractivity contribution in [2.75, 3.05) is 0 Å². The van der Waals surface area contributed by atoms with Gasteiger partial charge >= 0.3 is 0 Å². The van der Waals surface area contributed by atoms with Gasteiger partial charge in [0.2, 0.25) is 5.89 Å². The third-order valence-corrected chi connectivity index (χ3v) is 5.76. The molecule has 1 heterocycles. The van der Waals surface area contributed by atoms with Gasteiger partial charge in [0.25, 0.3) is 0 Å². The van der Waals surface area contributed by atoms with Crippen molar-refractivity contribution in [1.29, 1.82) is 0 Å². The van der Waals surface area contributed by atoms with Crippen LogP contribution in [0, 0.1) is 0 Å². The van der Waals surface area contributed by atoms with Gasteiger partial charge in [-0.2, -0.15) is 0 Å². The van der Waals surface area contributed by atoms with Crippen molar-refractivity contribution in [3.8, 4) is 0 Å². The Kier molecular flexibility index (Phi) is 4.17. The molecule has 0 spiro atoms. The summed E-state index contributed by atoms with van der Waals surface area (Å²) in [5.74, 6) is 0.832. The highest BCUT2D eigenvalue weighted by molar-refractivity contribution is 7.91. The summed E-state index contributed by atoms with van der Waals surface area (Å²) in [6.45, 7) is 7.48. The van der Waals surface area contributed by atoms with Crippen molar-refractivity contribution < 1.29 is 12.8 Å². The van der Waals surface area contributed by atoms with Crippen LogP contribution in [0.5, 0.6) is 0 Å².